The minimum absolute atomic E-state index is 0.179. The maximum atomic E-state index is 12.4. The number of imide groups is 1. The molecule has 0 saturated carbocycles. The zero-order valence-corrected chi connectivity index (χ0v) is 12.5. The number of rotatable bonds is 5. The van der Waals surface area contributed by atoms with Crippen molar-refractivity contribution < 1.29 is 9.59 Å². The number of hydrogen-bond acceptors (Lipinski definition) is 3. The van der Waals surface area contributed by atoms with Crippen molar-refractivity contribution in [3.63, 3.8) is 0 Å². The zero-order chi connectivity index (χ0) is 14.9. The Labute approximate surface area is 123 Å². The maximum Gasteiger partial charge on any atom is 0.261 e. The van der Waals surface area contributed by atoms with Crippen LogP contribution in [0, 0.1) is 13.8 Å². The molecule has 1 aliphatic rings. The third kappa shape index (κ3) is 2.58. The molecule has 0 saturated heterocycles. The average Bonchev–Trinajstić information content (AvgIpc) is 2.63. The summed E-state index contributed by atoms with van der Waals surface area (Å²) in [6.45, 7) is 4.15. The lowest BCUT2D eigenvalue weighted by Gasteiger charge is -2.13. The molecule has 2 rings (SSSR count). The van der Waals surface area contributed by atoms with Crippen LogP contribution in [0.15, 0.2) is 12.1 Å². The lowest BCUT2D eigenvalue weighted by Crippen LogP contribution is -2.31. The fourth-order valence-electron chi connectivity index (χ4n) is 2.50. The van der Waals surface area contributed by atoms with Crippen LogP contribution >= 0.6 is 12.2 Å². The van der Waals surface area contributed by atoms with Gasteiger partial charge in [-0.2, -0.15) is 0 Å². The summed E-state index contributed by atoms with van der Waals surface area (Å²) in [5.41, 5.74) is 8.27. The van der Waals surface area contributed by atoms with Crippen LogP contribution in [0.5, 0.6) is 0 Å². The summed E-state index contributed by atoms with van der Waals surface area (Å²) in [6, 6.07) is 3.77. The van der Waals surface area contributed by atoms with Crippen molar-refractivity contribution in [2.75, 3.05) is 6.54 Å². The number of carbonyl (C=O) groups excluding carboxylic acids is 2. The summed E-state index contributed by atoms with van der Waals surface area (Å²) in [5, 5.41) is 0. The van der Waals surface area contributed by atoms with E-state index in [1.807, 2.05) is 26.0 Å². The molecule has 2 N–H and O–H groups in total. The summed E-state index contributed by atoms with van der Waals surface area (Å²) >= 11 is 4.81. The molecule has 0 atom stereocenters. The standard InChI is InChI=1S/C15H18N2O2S/c1-9-6-7-10(2)13-12(9)14(18)17(15(13)19)8-4-3-5-11(16)20/h6-7H,3-5,8H2,1-2H3,(H2,16,20). The molecule has 1 aliphatic heterocycles. The van der Waals surface area contributed by atoms with E-state index in [1.54, 1.807) is 0 Å². The van der Waals surface area contributed by atoms with Gasteiger partial charge in [0.15, 0.2) is 0 Å². The number of nitrogens with zero attached hydrogens (tertiary/aromatic N) is 1. The van der Waals surface area contributed by atoms with E-state index in [0.717, 1.165) is 24.0 Å². The molecule has 0 spiro atoms. The van der Waals surface area contributed by atoms with Gasteiger partial charge in [-0.05, 0) is 44.2 Å². The third-order valence-corrected chi connectivity index (χ3v) is 3.80. The third-order valence-electron chi connectivity index (χ3n) is 3.59. The topological polar surface area (TPSA) is 63.4 Å². The highest BCUT2D eigenvalue weighted by molar-refractivity contribution is 7.80. The van der Waals surface area contributed by atoms with E-state index in [-0.39, 0.29) is 11.8 Å². The number of amides is 2. The maximum absolute atomic E-state index is 12.4. The molecule has 0 aliphatic carbocycles. The van der Waals surface area contributed by atoms with Crippen LogP contribution in [0.4, 0.5) is 0 Å². The highest BCUT2D eigenvalue weighted by atomic mass is 32.1. The second-order valence-electron chi connectivity index (χ2n) is 5.13. The predicted molar refractivity (Wildman–Crippen MR) is 81.9 cm³/mol. The Balaban J connectivity index is 2.14. The molecule has 0 aromatic heterocycles. The van der Waals surface area contributed by atoms with Crippen molar-refractivity contribution >= 4 is 29.0 Å². The zero-order valence-electron chi connectivity index (χ0n) is 11.7. The lowest BCUT2D eigenvalue weighted by atomic mass is 9.99. The van der Waals surface area contributed by atoms with Crippen molar-refractivity contribution in [3.8, 4) is 0 Å². The molecule has 0 bridgehead atoms. The quantitative estimate of drug-likeness (QED) is 0.513. The van der Waals surface area contributed by atoms with E-state index in [2.05, 4.69) is 0 Å². The molecule has 1 aromatic rings. The second kappa shape index (κ2) is 5.71. The number of nitrogens with two attached hydrogens (primary N) is 1. The Bertz CT molecular complexity index is 555. The van der Waals surface area contributed by atoms with Crippen LogP contribution in [0.3, 0.4) is 0 Å². The Morgan fingerprint density at radius 2 is 1.60 bits per heavy atom. The lowest BCUT2D eigenvalue weighted by molar-refractivity contribution is 0.0651. The van der Waals surface area contributed by atoms with Crippen molar-refractivity contribution in [2.45, 2.75) is 33.1 Å². The van der Waals surface area contributed by atoms with Crippen LogP contribution < -0.4 is 5.73 Å². The van der Waals surface area contributed by atoms with Crippen LogP contribution in [-0.2, 0) is 0 Å². The van der Waals surface area contributed by atoms with E-state index in [0.29, 0.717) is 29.1 Å². The van der Waals surface area contributed by atoms with Gasteiger partial charge in [0.2, 0.25) is 0 Å². The van der Waals surface area contributed by atoms with Crippen LogP contribution in [-0.4, -0.2) is 28.2 Å². The smallest absolute Gasteiger partial charge is 0.261 e. The number of carbonyl (C=O) groups is 2. The molecule has 2 amide bonds. The minimum Gasteiger partial charge on any atom is -0.393 e. The fourth-order valence-corrected chi connectivity index (χ4v) is 2.64. The first-order valence-corrected chi connectivity index (χ1v) is 7.09. The summed E-state index contributed by atoms with van der Waals surface area (Å²) in [5.74, 6) is -0.358. The number of thiocarbonyl (C=S) groups is 1. The number of benzene rings is 1. The normalized spacial score (nSPS) is 13.8. The first-order valence-electron chi connectivity index (χ1n) is 6.68. The highest BCUT2D eigenvalue weighted by Crippen LogP contribution is 2.28. The van der Waals surface area contributed by atoms with Crippen molar-refractivity contribution in [3.05, 3.63) is 34.4 Å². The van der Waals surface area contributed by atoms with Gasteiger partial charge in [-0.25, -0.2) is 0 Å². The molecule has 0 fully saturated rings. The first kappa shape index (κ1) is 14.7. The molecular formula is C15H18N2O2S. The van der Waals surface area contributed by atoms with Crippen LogP contribution in [0.1, 0.15) is 51.1 Å². The van der Waals surface area contributed by atoms with Gasteiger partial charge in [0.25, 0.3) is 11.8 Å². The van der Waals surface area contributed by atoms with Gasteiger partial charge in [0.1, 0.15) is 0 Å². The van der Waals surface area contributed by atoms with E-state index in [9.17, 15) is 9.59 Å². The van der Waals surface area contributed by atoms with E-state index in [1.165, 1.54) is 4.90 Å². The van der Waals surface area contributed by atoms with Gasteiger partial charge < -0.3 is 5.73 Å². The van der Waals surface area contributed by atoms with Gasteiger partial charge in [-0.1, -0.05) is 24.4 Å². The average molecular weight is 290 g/mol. The number of hydrogen-bond donors (Lipinski definition) is 1. The largest absolute Gasteiger partial charge is 0.393 e. The Hall–Kier alpha value is -1.75. The Morgan fingerprint density at radius 3 is 2.05 bits per heavy atom. The van der Waals surface area contributed by atoms with E-state index in [4.69, 9.17) is 18.0 Å². The number of aryl methyl sites for hydroxylation is 2. The highest BCUT2D eigenvalue weighted by Gasteiger charge is 2.37. The number of unbranched alkanes of at least 4 members (excludes halogenated alkanes) is 1. The van der Waals surface area contributed by atoms with Crippen LogP contribution in [0.25, 0.3) is 0 Å². The van der Waals surface area contributed by atoms with Gasteiger partial charge in [0.05, 0.1) is 16.1 Å². The second-order valence-corrected chi connectivity index (χ2v) is 5.66. The van der Waals surface area contributed by atoms with Crippen LogP contribution in [0.2, 0.25) is 0 Å². The molecule has 1 aromatic carbocycles. The molecule has 0 radical (unpaired) electrons. The van der Waals surface area contributed by atoms with Crippen molar-refractivity contribution in [2.24, 2.45) is 5.73 Å². The predicted octanol–water partition coefficient (Wildman–Crippen LogP) is 2.36. The van der Waals surface area contributed by atoms with Gasteiger partial charge in [0, 0.05) is 6.54 Å². The van der Waals surface area contributed by atoms with Gasteiger partial charge in [-0.3, -0.25) is 14.5 Å². The Kier molecular flexibility index (Phi) is 4.18. The SMILES string of the molecule is Cc1ccc(C)c2c1C(=O)N(CCCCC(N)=S)C2=O. The molecule has 0 unspecified atom stereocenters. The van der Waals surface area contributed by atoms with Gasteiger partial charge in [-0.15, -0.1) is 0 Å². The monoisotopic (exact) mass is 290 g/mol. The van der Waals surface area contributed by atoms with E-state index >= 15 is 0 Å². The first-order chi connectivity index (χ1) is 9.43. The minimum atomic E-state index is -0.179. The van der Waals surface area contributed by atoms with E-state index < -0.39 is 0 Å². The van der Waals surface area contributed by atoms with Gasteiger partial charge >= 0.3 is 0 Å². The number of fused-ring (bicyclic) bond motifs is 1. The summed E-state index contributed by atoms with van der Waals surface area (Å²) in [4.78, 5) is 26.5. The van der Waals surface area contributed by atoms with Crippen molar-refractivity contribution in [1.82, 2.24) is 4.90 Å². The Morgan fingerprint density at radius 1 is 1.10 bits per heavy atom. The molecular weight excluding hydrogens is 272 g/mol. The molecule has 20 heavy (non-hydrogen) atoms. The molecule has 106 valence electrons. The molecule has 1 heterocycles. The van der Waals surface area contributed by atoms with Crippen molar-refractivity contribution in [1.29, 1.82) is 0 Å². The molecule has 4 nitrogen and oxygen atoms in total. The summed E-state index contributed by atoms with van der Waals surface area (Å²) in [6.07, 6.45) is 2.16. The summed E-state index contributed by atoms with van der Waals surface area (Å²) in [7, 11) is 0. The fraction of sp³-hybridized carbons (Fsp3) is 0.400. The molecule has 5 heteroatoms. The summed E-state index contributed by atoms with van der Waals surface area (Å²) < 4.78 is 0.